The average molecular weight is 265 g/mol. The molecule has 1 aromatic rings. The fourth-order valence-corrected chi connectivity index (χ4v) is 1.96. The van der Waals surface area contributed by atoms with Gasteiger partial charge in [-0.2, -0.15) is 0 Å². The fourth-order valence-electron chi connectivity index (χ4n) is 1.96. The Balaban J connectivity index is 2.71. The van der Waals surface area contributed by atoms with Crippen molar-refractivity contribution in [2.45, 2.75) is 33.0 Å². The average Bonchev–Trinajstić information content (AvgIpc) is 2.40. The van der Waals surface area contributed by atoms with Crippen molar-refractivity contribution in [2.75, 3.05) is 14.2 Å². The molecule has 0 unspecified atom stereocenters. The molecular formula is C15H23NO3. The minimum absolute atomic E-state index is 0.182. The smallest absolute Gasteiger partial charge is 0.323 e. The van der Waals surface area contributed by atoms with Gasteiger partial charge in [-0.25, -0.2) is 0 Å². The summed E-state index contributed by atoms with van der Waals surface area (Å²) in [5.74, 6) is -0.0405. The summed E-state index contributed by atoms with van der Waals surface area (Å²) in [5, 5.41) is 3.25. The van der Waals surface area contributed by atoms with Gasteiger partial charge in [-0.1, -0.05) is 38.1 Å². The van der Waals surface area contributed by atoms with Gasteiger partial charge in [0.2, 0.25) is 0 Å². The summed E-state index contributed by atoms with van der Waals surface area (Å²) in [6, 6.07) is 7.75. The summed E-state index contributed by atoms with van der Waals surface area (Å²) in [6.07, 6.45) is 0. The minimum Gasteiger partial charge on any atom is -0.468 e. The largest absolute Gasteiger partial charge is 0.468 e. The van der Waals surface area contributed by atoms with Gasteiger partial charge in [0.1, 0.15) is 6.04 Å². The second kappa shape index (κ2) is 7.92. The molecule has 0 aliphatic carbocycles. The Bertz CT molecular complexity index is 404. The van der Waals surface area contributed by atoms with Gasteiger partial charge in [-0.05, 0) is 17.0 Å². The number of carbonyl (C=O) groups is 1. The van der Waals surface area contributed by atoms with E-state index in [4.69, 9.17) is 9.47 Å². The van der Waals surface area contributed by atoms with Gasteiger partial charge in [0.05, 0.1) is 13.7 Å². The van der Waals surface area contributed by atoms with E-state index in [9.17, 15) is 4.79 Å². The zero-order valence-corrected chi connectivity index (χ0v) is 12.1. The first-order chi connectivity index (χ1) is 9.10. The molecule has 0 aliphatic heterocycles. The predicted octanol–water partition coefficient (Wildman–Crippen LogP) is 2.12. The van der Waals surface area contributed by atoms with Gasteiger partial charge >= 0.3 is 5.97 Å². The normalized spacial score (nSPS) is 12.5. The van der Waals surface area contributed by atoms with Crippen molar-refractivity contribution in [2.24, 2.45) is 5.92 Å². The van der Waals surface area contributed by atoms with Crippen molar-refractivity contribution in [3.8, 4) is 0 Å². The highest BCUT2D eigenvalue weighted by molar-refractivity contribution is 5.75. The summed E-state index contributed by atoms with van der Waals surface area (Å²) >= 11 is 0. The third-order valence-electron chi connectivity index (χ3n) is 3.05. The van der Waals surface area contributed by atoms with E-state index in [1.165, 1.54) is 7.11 Å². The van der Waals surface area contributed by atoms with Gasteiger partial charge in [-0.15, -0.1) is 0 Å². The van der Waals surface area contributed by atoms with E-state index in [1.54, 1.807) is 7.11 Å². The van der Waals surface area contributed by atoms with Crippen LogP contribution in [0.4, 0.5) is 0 Å². The summed E-state index contributed by atoms with van der Waals surface area (Å²) in [6.45, 7) is 5.19. The number of benzene rings is 1. The summed E-state index contributed by atoms with van der Waals surface area (Å²) < 4.78 is 9.99. The van der Waals surface area contributed by atoms with Gasteiger partial charge in [0.25, 0.3) is 0 Å². The zero-order valence-electron chi connectivity index (χ0n) is 12.1. The molecule has 0 aromatic heterocycles. The Kier molecular flexibility index (Phi) is 6.53. The van der Waals surface area contributed by atoms with E-state index in [1.807, 2.05) is 38.1 Å². The maximum Gasteiger partial charge on any atom is 0.323 e. The van der Waals surface area contributed by atoms with Crippen LogP contribution in [0.5, 0.6) is 0 Å². The summed E-state index contributed by atoms with van der Waals surface area (Å²) in [4.78, 5) is 11.7. The lowest BCUT2D eigenvalue weighted by atomic mass is 10.0. The van der Waals surface area contributed by atoms with Crippen LogP contribution in [0.25, 0.3) is 0 Å². The zero-order chi connectivity index (χ0) is 14.3. The van der Waals surface area contributed by atoms with Crippen LogP contribution in [-0.4, -0.2) is 26.2 Å². The maximum absolute atomic E-state index is 11.7. The van der Waals surface area contributed by atoms with Gasteiger partial charge < -0.3 is 14.8 Å². The van der Waals surface area contributed by atoms with Gasteiger partial charge in [-0.3, -0.25) is 4.79 Å². The summed E-state index contributed by atoms with van der Waals surface area (Å²) in [5.41, 5.74) is 2.27. The highest BCUT2D eigenvalue weighted by atomic mass is 16.5. The van der Waals surface area contributed by atoms with E-state index in [-0.39, 0.29) is 17.9 Å². The van der Waals surface area contributed by atoms with Crippen LogP contribution >= 0.6 is 0 Å². The number of rotatable bonds is 7. The number of hydrogen-bond acceptors (Lipinski definition) is 4. The van der Waals surface area contributed by atoms with E-state index in [0.717, 1.165) is 11.1 Å². The van der Waals surface area contributed by atoms with E-state index < -0.39 is 0 Å². The van der Waals surface area contributed by atoms with Crippen LogP contribution < -0.4 is 5.32 Å². The van der Waals surface area contributed by atoms with Crippen LogP contribution in [0, 0.1) is 5.92 Å². The lowest BCUT2D eigenvalue weighted by Gasteiger charge is -2.20. The number of methoxy groups -OCH3 is 2. The second-order valence-corrected chi connectivity index (χ2v) is 4.83. The quantitative estimate of drug-likeness (QED) is 0.767. The minimum atomic E-state index is -0.291. The van der Waals surface area contributed by atoms with E-state index in [2.05, 4.69) is 5.32 Å². The lowest BCUT2D eigenvalue weighted by Crippen LogP contribution is -2.41. The number of nitrogens with one attached hydrogen (secondary N) is 1. The molecule has 1 rings (SSSR count). The molecule has 0 bridgehead atoms. The van der Waals surface area contributed by atoms with Crippen molar-refractivity contribution < 1.29 is 14.3 Å². The number of carbonyl (C=O) groups excluding carboxylic acids is 1. The van der Waals surface area contributed by atoms with Crippen molar-refractivity contribution in [1.82, 2.24) is 5.32 Å². The number of hydrogen-bond donors (Lipinski definition) is 1. The standard InChI is InChI=1S/C15H23NO3/c1-11(2)14(15(17)19-4)16-9-12-7-5-6-8-13(12)10-18-3/h5-8,11,14,16H,9-10H2,1-4H3/t14-/m0/s1. The molecule has 19 heavy (non-hydrogen) atoms. The molecular weight excluding hydrogens is 242 g/mol. The Morgan fingerprint density at radius 2 is 1.84 bits per heavy atom. The van der Waals surface area contributed by atoms with Gasteiger partial charge in [0, 0.05) is 13.7 Å². The molecule has 0 aliphatic rings. The molecule has 0 heterocycles. The third kappa shape index (κ3) is 4.65. The Morgan fingerprint density at radius 3 is 2.37 bits per heavy atom. The Hall–Kier alpha value is -1.39. The van der Waals surface area contributed by atoms with Crippen molar-refractivity contribution in [3.05, 3.63) is 35.4 Å². The molecule has 0 fully saturated rings. The van der Waals surface area contributed by atoms with Crippen LogP contribution in [-0.2, 0) is 27.4 Å². The third-order valence-corrected chi connectivity index (χ3v) is 3.05. The first kappa shape index (κ1) is 15.7. The number of ether oxygens (including phenoxy) is 2. The first-order valence-electron chi connectivity index (χ1n) is 6.47. The van der Waals surface area contributed by atoms with Crippen LogP contribution in [0.15, 0.2) is 24.3 Å². The van der Waals surface area contributed by atoms with Gasteiger partial charge in [0.15, 0.2) is 0 Å². The molecule has 1 atom stereocenters. The van der Waals surface area contributed by atoms with E-state index in [0.29, 0.717) is 13.2 Å². The first-order valence-corrected chi connectivity index (χ1v) is 6.47. The molecule has 106 valence electrons. The molecule has 0 radical (unpaired) electrons. The van der Waals surface area contributed by atoms with E-state index >= 15 is 0 Å². The molecule has 0 saturated heterocycles. The van der Waals surface area contributed by atoms with Crippen LogP contribution in [0.1, 0.15) is 25.0 Å². The second-order valence-electron chi connectivity index (χ2n) is 4.83. The molecule has 4 nitrogen and oxygen atoms in total. The maximum atomic E-state index is 11.7. The molecule has 1 N–H and O–H groups in total. The highest BCUT2D eigenvalue weighted by Crippen LogP contribution is 2.11. The van der Waals surface area contributed by atoms with Crippen LogP contribution in [0.2, 0.25) is 0 Å². The summed E-state index contributed by atoms with van der Waals surface area (Å²) in [7, 11) is 3.09. The Labute approximate surface area is 115 Å². The molecule has 0 saturated carbocycles. The molecule has 0 amide bonds. The monoisotopic (exact) mass is 265 g/mol. The van der Waals surface area contributed by atoms with Crippen molar-refractivity contribution >= 4 is 5.97 Å². The fraction of sp³-hybridized carbons (Fsp3) is 0.533. The molecule has 0 spiro atoms. The lowest BCUT2D eigenvalue weighted by molar-refractivity contribution is -0.144. The topological polar surface area (TPSA) is 47.6 Å². The predicted molar refractivity (Wildman–Crippen MR) is 74.6 cm³/mol. The SMILES string of the molecule is COCc1ccccc1CN[C@H](C(=O)OC)C(C)C. The molecule has 4 heteroatoms. The van der Waals surface area contributed by atoms with Crippen molar-refractivity contribution in [3.63, 3.8) is 0 Å². The Morgan fingerprint density at radius 1 is 1.21 bits per heavy atom. The van der Waals surface area contributed by atoms with Crippen LogP contribution in [0.3, 0.4) is 0 Å². The molecule has 1 aromatic carbocycles. The number of esters is 1. The van der Waals surface area contributed by atoms with Crippen molar-refractivity contribution in [1.29, 1.82) is 0 Å². The highest BCUT2D eigenvalue weighted by Gasteiger charge is 2.22.